The molecule has 0 heterocycles. The highest BCUT2D eigenvalue weighted by Gasteiger charge is 2.38. The van der Waals surface area contributed by atoms with E-state index in [9.17, 15) is 13.5 Å². The van der Waals surface area contributed by atoms with Gasteiger partial charge in [0.2, 0.25) is 10.0 Å². The number of halogens is 1. The van der Waals surface area contributed by atoms with E-state index in [1.165, 1.54) is 33.3 Å². The average molecular weight is 475 g/mol. The van der Waals surface area contributed by atoms with Crippen molar-refractivity contribution in [2.75, 3.05) is 20.0 Å². The maximum atomic E-state index is 15.6. The first-order valence-corrected chi connectivity index (χ1v) is 11.7. The van der Waals surface area contributed by atoms with Crippen molar-refractivity contribution in [2.45, 2.75) is 24.2 Å². The number of rotatable bonds is 8. The highest BCUT2D eigenvalue weighted by Crippen LogP contribution is 2.44. The minimum absolute atomic E-state index is 0.0184. The predicted molar refractivity (Wildman–Crippen MR) is 125 cm³/mol. The topological polar surface area (TPSA) is 125 Å². The molecule has 0 aliphatic heterocycles. The monoisotopic (exact) mass is 474 g/mol. The normalized spacial score (nSPS) is 13.5. The van der Waals surface area contributed by atoms with Crippen LogP contribution in [0.5, 0.6) is 11.5 Å². The molecule has 0 aliphatic rings. The predicted octanol–water partition coefficient (Wildman–Crippen LogP) is 3.64. The average Bonchev–Trinajstić information content (AvgIpc) is 2.77. The molecule has 5 N–H and O–H groups in total. The highest BCUT2D eigenvalue weighted by atomic mass is 32.2. The van der Waals surface area contributed by atoms with Gasteiger partial charge in [0.25, 0.3) is 0 Å². The Kier molecular flexibility index (Phi) is 7.26. The van der Waals surface area contributed by atoms with Crippen molar-refractivity contribution in [2.24, 2.45) is 5.14 Å². The molecule has 0 aromatic heterocycles. The van der Waals surface area contributed by atoms with Gasteiger partial charge in [-0.3, -0.25) is 0 Å². The summed E-state index contributed by atoms with van der Waals surface area (Å²) in [7, 11) is -1.31. The summed E-state index contributed by atoms with van der Waals surface area (Å²) >= 11 is 0. The molecule has 33 heavy (non-hydrogen) atoms. The Bertz CT molecular complexity index is 1170. The van der Waals surface area contributed by atoms with Gasteiger partial charge in [-0.2, -0.15) is 0 Å². The van der Waals surface area contributed by atoms with Crippen LogP contribution in [0.2, 0.25) is 0 Å². The van der Waals surface area contributed by atoms with Gasteiger partial charge in [0.15, 0.2) is 0 Å². The molecule has 0 amide bonds. The number of ether oxygens (including phenoxy) is 2. The quantitative estimate of drug-likeness (QED) is 0.428. The molecule has 0 bridgehead atoms. The van der Waals surface area contributed by atoms with Crippen LogP contribution in [0.15, 0.2) is 60.7 Å². The number of anilines is 1. The Balaban J connectivity index is 2.31. The van der Waals surface area contributed by atoms with Crippen molar-refractivity contribution in [3.63, 3.8) is 0 Å². The smallest absolute Gasteiger partial charge is 0.217 e. The van der Waals surface area contributed by atoms with Crippen LogP contribution in [0, 0.1) is 5.82 Å². The molecule has 3 aromatic carbocycles. The summed E-state index contributed by atoms with van der Waals surface area (Å²) in [5.41, 5.74) is 6.67. The molecule has 0 spiro atoms. The number of methoxy groups -OCH3 is 2. The fourth-order valence-electron chi connectivity index (χ4n) is 3.98. The highest BCUT2D eigenvalue weighted by molar-refractivity contribution is 7.89. The molecule has 2 atom stereocenters. The zero-order valence-electron chi connectivity index (χ0n) is 18.5. The number of nitrogens with two attached hydrogens (primary N) is 2. The molecular formula is C24H27FN2O5S. The summed E-state index contributed by atoms with van der Waals surface area (Å²) in [6.07, 6.45) is -1.24. The van der Waals surface area contributed by atoms with Crippen molar-refractivity contribution in [1.29, 1.82) is 0 Å². The van der Waals surface area contributed by atoms with Gasteiger partial charge < -0.3 is 20.3 Å². The van der Waals surface area contributed by atoms with Gasteiger partial charge in [0.05, 0.1) is 20.3 Å². The van der Waals surface area contributed by atoms with Crippen LogP contribution < -0.4 is 20.3 Å². The molecule has 7 nitrogen and oxygen atoms in total. The second kappa shape index (κ2) is 9.78. The van der Waals surface area contributed by atoms with Gasteiger partial charge in [0, 0.05) is 22.7 Å². The lowest BCUT2D eigenvalue weighted by Gasteiger charge is -2.28. The largest absolute Gasteiger partial charge is 0.497 e. The third kappa shape index (κ3) is 5.11. The van der Waals surface area contributed by atoms with E-state index >= 15 is 4.39 Å². The van der Waals surface area contributed by atoms with Crippen molar-refractivity contribution < 1.29 is 27.4 Å². The van der Waals surface area contributed by atoms with E-state index in [0.29, 0.717) is 22.6 Å². The standard InChI is InChI=1S/C24H27FN2O5S/c1-14(28)21-20(26)13-12-19(23(21)25)24(33(27,29)30)22(15-4-8-17(31-2)9-5-15)16-6-10-18(32-3)11-7-16/h4-14,22,24,28H,26H2,1-3H3,(H2,27,29,30). The maximum absolute atomic E-state index is 15.6. The third-order valence-electron chi connectivity index (χ3n) is 5.57. The molecule has 0 aliphatic carbocycles. The van der Waals surface area contributed by atoms with E-state index in [4.69, 9.17) is 20.3 Å². The van der Waals surface area contributed by atoms with Crippen LogP contribution in [0.4, 0.5) is 10.1 Å². The van der Waals surface area contributed by atoms with E-state index in [1.54, 1.807) is 48.5 Å². The summed E-state index contributed by atoms with van der Waals surface area (Å²) in [4.78, 5) is 0. The van der Waals surface area contributed by atoms with Crippen LogP contribution in [-0.4, -0.2) is 27.7 Å². The number of nitrogen functional groups attached to an aromatic ring is 1. The molecular weight excluding hydrogens is 447 g/mol. The number of aliphatic hydroxyl groups is 1. The number of primary sulfonamides is 1. The summed E-state index contributed by atoms with van der Waals surface area (Å²) in [5.74, 6) is -0.628. The molecule has 176 valence electrons. The maximum Gasteiger partial charge on any atom is 0.217 e. The molecule has 9 heteroatoms. The molecule has 0 saturated heterocycles. The molecule has 2 unspecified atom stereocenters. The summed E-state index contributed by atoms with van der Waals surface area (Å²) in [5, 5.41) is 14.2. The summed E-state index contributed by atoms with van der Waals surface area (Å²) < 4.78 is 51.9. The van der Waals surface area contributed by atoms with Crippen molar-refractivity contribution >= 4 is 15.7 Å². The number of benzene rings is 3. The van der Waals surface area contributed by atoms with Gasteiger partial charge in [-0.05, 0) is 48.4 Å². The first kappa shape index (κ1) is 24.5. The van der Waals surface area contributed by atoms with Gasteiger partial charge in [0.1, 0.15) is 22.6 Å². The minimum Gasteiger partial charge on any atom is -0.497 e. The van der Waals surface area contributed by atoms with Crippen LogP contribution in [-0.2, 0) is 10.0 Å². The number of hydrogen-bond acceptors (Lipinski definition) is 6. The minimum atomic E-state index is -4.35. The lowest BCUT2D eigenvalue weighted by molar-refractivity contribution is 0.194. The van der Waals surface area contributed by atoms with E-state index in [0.717, 1.165) is 0 Å². The second-order valence-electron chi connectivity index (χ2n) is 7.68. The zero-order valence-corrected chi connectivity index (χ0v) is 19.3. The number of hydrogen-bond donors (Lipinski definition) is 3. The molecule has 0 radical (unpaired) electrons. The fourth-order valence-corrected chi connectivity index (χ4v) is 5.21. The lowest BCUT2D eigenvalue weighted by Crippen LogP contribution is -2.29. The van der Waals surface area contributed by atoms with Crippen molar-refractivity contribution in [1.82, 2.24) is 0 Å². The Morgan fingerprint density at radius 1 is 0.879 bits per heavy atom. The zero-order chi connectivity index (χ0) is 24.3. The summed E-state index contributed by atoms with van der Waals surface area (Å²) in [6.45, 7) is 1.36. The molecule has 0 saturated carbocycles. The van der Waals surface area contributed by atoms with Gasteiger partial charge in [-0.25, -0.2) is 17.9 Å². The van der Waals surface area contributed by atoms with Crippen molar-refractivity contribution in [3.8, 4) is 11.5 Å². The fraction of sp³-hybridized carbons (Fsp3) is 0.250. The second-order valence-corrected chi connectivity index (χ2v) is 9.37. The van der Waals surface area contributed by atoms with Crippen LogP contribution in [0.3, 0.4) is 0 Å². The van der Waals surface area contributed by atoms with Gasteiger partial charge in [-0.1, -0.05) is 30.3 Å². The van der Waals surface area contributed by atoms with E-state index in [-0.39, 0.29) is 16.8 Å². The molecule has 0 fully saturated rings. The van der Waals surface area contributed by atoms with E-state index in [2.05, 4.69) is 0 Å². The SMILES string of the molecule is COc1ccc(C(c2ccc(OC)cc2)C(c2ccc(N)c(C(C)O)c2F)S(N)(=O)=O)cc1. The third-order valence-corrected chi connectivity index (χ3v) is 6.81. The van der Waals surface area contributed by atoms with Crippen LogP contribution >= 0.6 is 0 Å². The molecule has 3 aromatic rings. The van der Waals surface area contributed by atoms with Crippen LogP contribution in [0.1, 0.15) is 46.4 Å². The van der Waals surface area contributed by atoms with E-state index < -0.39 is 33.1 Å². The Morgan fingerprint density at radius 3 is 1.70 bits per heavy atom. The first-order valence-electron chi connectivity index (χ1n) is 10.1. The summed E-state index contributed by atoms with van der Waals surface area (Å²) in [6, 6.07) is 16.2. The number of aliphatic hydroxyl groups excluding tert-OH is 1. The van der Waals surface area contributed by atoms with Gasteiger partial charge in [-0.15, -0.1) is 0 Å². The Hall–Kier alpha value is -3.14. The van der Waals surface area contributed by atoms with Gasteiger partial charge >= 0.3 is 0 Å². The van der Waals surface area contributed by atoms with Crippen LogP contribution in [0.25, 0.3) is 0 Å². The number of sulfonamides is 1. The lowest BCUT2D eigenvalue weighted by atomic mass is 9.84. The van der Waals surface area contributed by atoms with E-state index in [1.807, 2.05) is 0 Å². The first-order chi connectivity index (χ1) is 15.6. The van der Waals surface area contributed by atoms with Crippen molar-refractivity contribution in [3.05, 3.63) is 88.7 Å². The Labute approximate surface area is 192 Å². The Morgan fingerprint density at radius 2 is 1.33 bits per heavy atom. The molecule has 3 rings (SSSR count).